The van der Waals surface area contributed by atoms with Crippen LogP contribution in [0.2, 0.25) is 0 Å². The molecule has 0 aliphatic carbocycles. The van der Waals surface area contributed by atoms with Crippen molar-refractivity contribution >= 4 is 6.34 Å². The molecule has 0 aromatic heterocycles. The zero-order valence-electron chi connectivity index (χ0n) is 11.2. The first-order valence-electron chi connectivity index (χ1n) is 6.79. The van der Waals surface area contributed by atoms with Crippen LogP contribution < -0.4 is 21.9 Å². The van der Waals surface area contributed by atoms with E-state index in [9.17, 15) is 0 Å². The predicted molar refractivity (Wildman–Crippen MR) is 77.4 cm³/mol. The van der Waals surface area contributed by atoms with Crippen molar-refractivity contribution in [1.29, 1.82) is 0 Å². The third kappa shape index (κ3) is 2.84. The molecule has 0 radical (unpaired) electrons. The van der Waals surface area contributed by atoms with Crippen molar-refractivity contribution in [1.82, 2.24) is 21.0 Å². The van der Waals surface area contributed by atoms with E-state index in [1.54, 1.807) is 6.34 Å². The molecule has 0 amide bonds. The van der Waals surface area contributed by atoms with Crippen molar-refractivity contribution in [3.63, 3.8) is 0 Å². The summed E-state index contributed by atoms with van der Waals surface area (Å²) in [6.45, 7) is 3.51. The number of dihydropyridines is 1. The van der Waals surface area contributed by atoms with Gasteiger partial charge in [-0.1, -0.05) is 6.08 Å². The van der Waals surface area contributed by atoms with E-state index < -0.39 is 0 Å². The molecule has 3 aliphatic rings. The molecule has 3 aliphatic heterocycles. The molecule has 5 N–H and O–H groups in total. The van der Waals surface area contributed by atoms with Crippen LogP contribution in [0.4, 0.5) is 0 Å². The van der Waals surface area contributed by atoms with Gasteiger partial charge in [0.15, 0.2) is 0 Å². The molecular weight excluding hydrogens is 256 g/mol. The van der Waals surface area contributed by atoms with E-state index in [0.717, 1.165) is 37.7 Å². The molecule has 0 saturated carbocycles. The molecule has 2 atom stereocenters. The smallest absolute Gasteiger partial charge is 0.116 e. The first-order valence-corrected chi connectivity index (χ1v) is 6.79. The molecule has 7 nitrogen and oxygen atoms in total. The van der Waals surface area contributed by atoms with Gasteiger partial charge in [-0.05, 0) is 17.7 Å². The number of nitrogens with zero attached hydrogens (tertiary/aromatic N) is 2. The van der Waals surface area contributed by atoms with Gasteiger partial charge in [0.25, 0.3) is 0 Å². The van der Waals surface area contributed by atoms with Gasteiger partial charge in [0.2, 0.25) is 0 Å². The van der Waals surface area contributed by atoms with Gasteiger partial charge >= 0.3 is 0 Å². The van der Waals surface area contributed by atoms with Crippen LogP contribution in [0.5, 0.6) is 0 Å². The van der Waals surface area contributed by atoms with Crippen LogP contribution in [0.15, 0.2) is 40.8 Å². The molecule has 3 heterocycles. The van der Waals surface area contributed by atoms with Crippen molar-refractivity contribution in [2.75, 3.05) is 26.3 Å². The van der Waals surface area contributed by atoms with Gasteiger partial charge in [-0.15, -0.1) is 0 Å². The van der Waals surface area contributed by atoms with Crippen molar-refractivity contribution in [3.8, 4) is 0 Å². The van der Waals surface area contributed by atoms with E-state index in [4.69, 9.17) is 10.6 Å². The van der Waals surface area contributed by atoms with Crippen LogP contribution in [-0.4, -0.2) is 49.7 Å². The van der Waals surface area contributed by atoms with Crippen LogP contribution in [-0.2, 0) is 4.74 Å². The van der Waals surface area contributed by atoms with Crippen molar-refractivity contribution in [3.05, 3.63) is 35.8 Å². The zero-order chi connectivity index (χ0) is 13.8. The van der Waals surface area contributed by atoms with Gasteiger partial charge < -0.3 is 20.8 Å². The molecule has 1 saturated heterocycles. The summed E-state index contributed by atoms with van der Waals surface area (Å²) in [6, 6.07) is -0.0170. The molecule has 0 aromatic carbocycles. The summed E-state index contributed by atoms with van der Waals surface area (Å²) < 4.78 is 5.37. The number of ether oxygens (including phenoxy) is 1. The number of nitrogens with two attached hydrogens (primary N) is 1. The Kier molecular flexibility index (Phi) is 4.00. The van der Waals surface area contributed by atoms with Gasteiger partial charge in [-0.2, -0.15) is 0 Å². The van der Waals surface area contributed by atoms with Crippen LogP contribution in [0.3, 0.4) is 0 Å². The molecule has 0 aromatic rings. The van der Waals surface area contributed by atoms with Gasteiger partial charge in [0.05, 0.1) is 31.8 Å². The Morgan fingerprint density at radius 2 is 2.25 bits per heavy atom. The summed E-state index contributed by atoms with van der Waals surface area (Å²) in [6.07, 6.45) is 10.2. The highest BCUT2D eigenvalue weighted by Gasteiger charge is 2.21. The van der Waals surface area contributed by atoms with E-state index in [2.05, 4.69) is 38.1 Å². The standard InChI is InChI=1S/C13H20N6O/c14-18-12-7-11(16-9-17-12)10-1-2-13(15-8-10)19-3-5-20-6-4-19/h1-2,7-9,11,13,15,18H,3-6,14H2,(H,16,17). The van der Waals surface area contributed by atoms with Gasteiger partial charge in [-0.25, -0.2) is 5.84 Å². The van der Waals surface area contributed by atoms with Gasteiger partial charge in [0.1, 0.15) is 5.82 Å². The predicted octanol–water partition coefficient (Wildman–Crippen LogP) is -1.01. The van der Waals surface area contributed by atoms with E-state index in [-0.39, 0.29) is 12.2 Å². The fourth-order valence-electron chi connectivity index (χ4n) is 2.46. The van der Waals surface area contributed by atoms with Crippen LogP contribution in [0, 0.1) is 0 Å². The number of morpholine rings is 1. The molecule has 20 heavy (non-hydrogen) atoms. The van der Waals surface area contributed by atoms with E-state index in [1.807, 2.05) is 12.3 Å². The molecule has 0 bridgehead atoms. The molecule has 0 spiro atoms. The number of rotatable bonds is 3. The number of hydrogen-bond donors (Lipinski definition) is 4. The third-order valence-electron chi connectivity index (χ3n) is 3.61. The Labute approximate surface area is 118 Å². The molecule has 108 valence electrons. The number of nitrogens with one attached hydrogen (secondary N) is 3. The first kappa shape index (κ1) is 13.2. The highest BCUT2D eigenvalue weighted by Crippen LogP contribution is 2.17. The fraction of sp³-hybridized carbons (Fsp3) is 0.462. The SMILES string of the molecule is NNC1=CC(C2=CNC(N3CCOCC3)C=C2)N=CN1. The summed E-state index contributed by atoms with van der Waals surface area (Å²) in [7, 11) is 0. The summed E-state index contributed by atoms with van der Waals surface area (Å²) in [5.74, 6) is 6.16. The Hall–Kier alpha value is -1.83. The largest absolute Gasteiger partial charge is 0.379 e. The highest BCUT2D eigenvalue weighted by molar-refractivity contribution is 5.61. The lowest BCUT2D eigenvalue weighted by Crippen LogP contribution is -2.49. The number of hydrogen-bond acceptors (Lipinski definition) is 7. The normalized spacial score (nSPS) is 30.1. The summed E-state index contributed by atoms with van der Waals surface area (Å²) in [5.41, 5.74) is 3.71. The Morgan fingerprint density at radius 3 is 2.95 bits per heavy atom. The Morgan fingerprint density at radius 1 is 1.40 bits per heavy atom. The van der Waals surface area contributed by atoms with Crippen molar-refractivity contribution in [2.45, 2.75) is 12.2 Å². The van der Waals surface area contributed by atoms with Crippen molar-refractivity contribution < 1.29 is 4.74 Å². The third-order valence-corrected chi connectivity index (χ3v) is 3.61. The number of aliphatic imine (C=N–C) groups is 1. The van der Waals surface area contributed by atoms with Crippen molar-refractivity contribution in [2.24, 2.45) is 10.8 Å². The lowest BCUT2D eigenvalue weighted by molar-refractivity contribution is 0.0217. The topological polar surface area (TPSA) is 86.9 Å². The van der Waals surface area contributed by atoms with Crippen LogP contribution in [0.25, 0.3) is 0 Å². The Balaban J connectivity index is 1.62. The van der Waals surface area contributed by atoms with Crippen LogP contribution in [0.1, 0.15) is 0 Å². The zero-order valence-corrected chi connectivity index (χ0v) is 11.2. The maximum Gasteiger partial charge on any atom is 0.116 e. The highest BCUT2D eigenvalue weighted by atomic mass is 16.5. The number of hydrazine groups is 1. The average Bonchev–Trinajstić information content (AvgIpc) is 2.56. The minimum Gasteiger partial charge on any atom is -0.379 e. The van der Waals surface area contributed by atoms with Crippen LogP contribution >= 0.6 is 0 Å². The monoisotopic (exact) mass is 276 g/mol. The van der Waals surface area contributed by atoms with Gasteiger partial charge in [0, 0.05) is 19.3 Å². The fourth-order valence-corrected chi connectivity index (χ4v) is 2.46. The van der Waals surface area contributed by atoms with E-state index in [0.29, 0.717) is 0 Å². The molecule has 2 unspecified atom stereocenters. The van der Waals surface area contributed by atoms with E-state index in [1.165, 1.54) is 0 Å². The Bertz CT molecular complexity index is 463. The maximum absolute atomic E-state index is 5.40. The second kappa shape index (κ2) is 6.08. The lowest BCUT2D eigenvalue weighted by Gasteiger charge is -2.34. The van der Waals surface area contributed by atoms with E-state index >= 15 is 0 Å². The molecule has 1 fully saturated rings. The molecular formula is C13H20N6O. The summed E-state index contributed by atoms with van der Waals surface area (Å²) in [5, 5.41) is 6.35. The molecule has 7 heteroatoms. The second-order valence-corrected chi connectivity index (χ2v) is 4.86. The molecule has 3 rings (SSSR count). The minimum absolute atomic E-state index is 0.0170. The second-order valence-electron chi connectivity index (χ2n) is 4.86. The maximum atomic E-state index is 5.40. The van der Waals surface area contributed by atoms with Gasteiger partial charge in [-0.3, -0.25) is 9.89 Å². The summed E-state index contributed by atoms with van der Waals surface area (Å²) >= 11 is 0. The minimum atomic E-state index is -0.0170. The summed E-state index contributed by atoms with van der Waals surface area (Å²) in [4.78, 5) is 6.75. The quantitative estimate of drug-likeness (QED) is 0.390. The lowest BCUT2D eigenvalue weighted by atomic mass is 10.0. The first-order chi connectivity index (χ1) is 9.86. The average molecular weight is 276 g/mol.